The molecule has 0 spiro atoms. The van der Waals surface area contributed by atoms with Gasteiger partial charge in [-0.05, 0) is 24.3 Å². The maximum absolute atomic E-state index is 5.83. The lowest BCUT2D eigenvalue weighted by atomic mass is 10.2. The Labute approximate surface area is 124 Å². The van der Waals surface area contributed by atoms with Crippen LogP contribution in [0.1, 0.15) is 11.4 Å². The predicted molar refractivity (Wildman–Crippen MR) is 69.2 cm³/mol. The van der Waals surface area contributed by atoms with Gasteiger partial charge in [-0.2, -0.15) is 0 Å². The second-order valence-electron chi connectivity index (χ2n) is 3.76. The Balaban J connectivity index is 0.00000144. The summed E-state index contributed by atoms with van der Waals surface area (Å²) in [4.78, 5) is 0. The van der Waals surface area contributed by atoms with E-state index in [-0.39, 0.29) is 24.0 Å². The fourth-order valence-electron chi connectivity index (χ4n) is 1.58. The van der Waals surface area contributed by atoms with Gasteiger partial charge in [0.05, 0.1) is 6.08 Å². The molecule has 0 radical (unpaired) electrons. The maximum Gasteiger partial charge on any atom is 0.200 e. The Hall–Kier alpha value is -0.810. The summed E-state index contributed by atoms with van der Waals surface area (Å²) in [5.74, 6) is 1.15. The lowest BCUT2D eigenvalue weighted by Crippen LogP contribution is -3.00. The van der Waals surface area contributed by atoms with E-state index in [1.54, 1.807) is 0 Å². The minimum Gasteiger partial charge on any atom is -1.00 e. The number of nitrogens with zero attached hydrogens (tertiary/aromatic N) is 2. The summed E-state index contributed by atoms with van der Waals surface area (Å²) >= 11 is 5.83. The van der Waals surface area contributed by atoms with Gasteiger partial charge in [-0.3, -0.25) is 0 Å². The molecule has 0 aliphatic rings. The van der Waals surface area contributed by atoms with Crippen LogP contribution < -0.4 is 24.0 Å². The Morgan fingerprint density at radius 1 is 1.06 bits per heavy atom. The summed E-state index contributed by atoms with van der Waals surface area (Å²) in [7, 11) is 4.06. The van der Waals surface area contributed by atoms with Gasteiger partial charge in [0.1, 0.15) is 12.4 Å². The Morgan fingerprint density at radius 3 is 2.12 bits per heavy atom. The average molecular weight is 361 g/mol. The quantitative estimate of drug-likeness (QED) is 0.544. The maximum atomic E-state index is 5.83. The minimum atomic E-state index is 0. The zero-order valence-electron chi connectivity index (χ0n) is 9.77. The number of halogens is 2. The molecular formula is C13H14ClIN2. The number of hydrogen-bond acceptors (Lipinski definition) is 0. The zero-order chi connectivity index (χ0) is 11.5. The largest absolute Gasteiger partial charge is 1.00 e. The molecule has 0 unspecified atom stereocenters. The van der Waals surface area contributed by atoms with Crippen LogP contribution in [0.25, 0.3) is 12.2 Å². The number of rotatable bonds is 2. The highest BCUT2D eigenvalue weighted by molar-refractivity contribution is 6.30. The van der Waals surface area contributed by atoms with Crippen molar-refractivity contribution in [1.82, 2.24) is 9.13 Å². The molecule has 0 N–H and O–H groups in total. The van der Waals surface area contributed by atoms with Crippen molar-refractivity contribution in [3.05, 3.63) is 53.1 Å². The van der Waals surface area contributed by atoms with Crippen LogP contribution in [0.4, 0.5) is 0 Å². The molecule has 0 amide bonds. The molecule has 1 aromatic heterocycles. The first kappa shape index (κ1) is 14.3. The van der Waals surface area contributed by atoms with Crippen LogP contribution in [0.15, 0.2) is 36.7 Å². The number of aromatic nitrogens is 2. The molecule has 0 bridgehead atoms. The number of aryl methyl sites for hydroxylation is 2. The van der Waals surface area contributed by atoms with Crippen molar-refractivity contribution in [2.24, 2.45) is 14.1 Å². The van der Waals surface area contributed by atoms with Crippen molar-refractivity contribution in [3.63, 3.8) is 0 Å². The molecular weight excluding hydrogens is 347 g/mol. The van der Waals surface area contributed by atoms with Crippen molar-refractivity contribution in [3.8, 4) is 0 Å². The van der Waals surface area contributed by atoms with Crippen LogP contribution in [-0.4, -0.2) is 9.13 Å². The molecule has 17 heavy (non-hydrogen) atoms. The summed E-state index contributed by atoms with van der Waals surface area (Å²) in [6.07, 6.45) is 8.22. The van der Waals surface area contributed by atoms with E-state index in [0.717, 1.165) is 16.4 Å². The fourth-order valence-corrected chi connectivity index (χ4v) is 1.71. The first-order valence-corrected chi connectivity index (χ1v) is 5.49. The molecule has 0 aliphatic heterocycles. The average Bonchev–Trinajstić information content (AvgIpc) is 2.59. The highest BCUT2D eigenvalue weighted by Crippen LogP contribution is 2.12. The van der Waals surface area contributed by atoms with Crippen LogP contribution in [0.2, 0.25) is 5.02 Å². The molecule has 0 atom stereocenters. The van der Waals surface area contributed by atoms with E-state index in [1.165, 1.54) is 0 Å². The molecule has 4 heteroatoms. The first-order valence-electron chi connectivity index (χ1n) is 5.11. The normalized spacial score (nSPS) is 10.5. The molecule has 0 fully saturated rings. The third-order valence-electron chi connectivity index (χ3n) is 2.53. The summed E-state index contributed by atoms with van der Waals surface area (Å²) < 4.78 is 4.15. The third-order valence-corrected chi connectivity index (χ3v) is 2.78. The first-order chi connectivity index (χ1) is 7.66. The molecule has 0 saturated heterocycles. The van der Waals surface area contributed by atoms with E-state index in [4.69, 9.17) is 11.6 Å². The SMILES string of the molecule is Cn1ccn(C)[c+]1C=Cc1ccc(Cl)cc1.[I-]. The van der Waals surface area contributed by atoms with Gasteiger partial charge in [-0.15, -0.1) is 0 Å². The second kappa shape index (κ2) is 6.21. The lowest BCUT2D eigenvalue weighted by molar-refractivity contribution is -0.00000320. The van der Waals surface area contributed by atoms with Gasteiger partial charge in [0.15, 0.2) is 5.82 Å². The van der Waals surface area contributed by atoms with Gasteiger partial charge in [0, 0.05) is 30.8 Å². The van der Waals surface area contributed by atoms with E-state index in [2.05, 4.69) is 21.3 Å². The number of imidazole rings is 1. The molecule has 2 rings (SSSR count). The highest BCUT2D eigenvalue weighted by atomic mass is 127. The van der Waals surface area contributed by atoms with Crippen LogP contribution in [0.3, 0.4) is 0 Å². The second-order valence-corrected chi connectivity index (χ2v) is 4.20. The summed E-state index contributed by atoms with van der Waals surface area (Å²) in [5.41, 5.74) is 1.14. The van der Waals surface area contributed by atoms with E-state index < -0.39 is 0 Å². The third kappa shape index (κ3) is 3.57. The zero-order valence-corrected chi connectivity index (χ0v) is 12.7. The van der Waals surface area contributed by atoms with E-state index in [9.17, 15) is 0 Å². The van der Waals surface area contributed by atoms with Gasteiger partial charge in [-0.1, -0.05) is 11.6 Å². The van der Waals surface area contributed by atoms with Gasteiger partial charge in [0.2, 0.25) is 0 Å². The number of hydrogen-bond donors (Lipinski definition) is 0. The summed E-state index contributed by atoms with van der Waals surface area (Å²) in [5, 5.41) is 0.765. The van der Waals surface area contributed by atoms with Crippen LogP contribution in [0.5, 0.6) is 0 Å². The van der Waals surface area contributed by atoms with Crippen LogP contribution >= 0.6 is 11.6 Å². The van der Waals surface area contributed by atoms with Crippen molar-refractivity contribution in [2.75, 3.05) is 0 Å². The van der Waals surface area contributed by atoms with E-state index in [0.29, 0.717) is 0 Å². The lowest BCUT2D eigenvalue weighted by Gasteiger charge is -1.94. The van der Waals surface area contributed by atoms with E-state index in [1.807, 2.05) is 50.8 Å². The smallest absolute Gasteiger partial charge is 0.200 e. The Morgan fingerprint density at radius 2 is 1.59 bits per heavy atom. The standard InChI is InChI=1S/C13H14ClN2.HI/c1-15-9-10-16(2)13(15)8-5-11-3-6-12(14)7-4-11;/h3-10H,1-2H3;1H/q+1;/p-1. The molecule has 0 aliphatic carbocycles. The summed E-state index contributed by atoms with van der Waals surface area (Å²) in [6, 6.07) is 7.79. The summed E-state index contributed by atoms with van der Waals surface area (Å²) in [6.45, 7) is 0. The molecule has 0 saturated carbocycles. The molecule has 2 nitrogen and oxygen atoms in total. The monoisotopic (exact) mass is 360 g/mol. The topological polar surface area (TPSA) is 9.86 Å². The van der Waals surface area contributed by atoms with Crippen LogP contribution in [0, 0.1) is 0 Å². The molecule has 2 aromatic rings. The van der Waals surface area contributed by atoms with Crippen molar-refractivity contribution in [1.29, 1.82) is 0 Å². The Bertz CT molecular complexity index is 495. The van der Waals surface area contributed by atoms with Crippen molar-refractivity contribution >= 4 is 23.8 Å². The molecule has 90 valence electrons. The highest BCUT2D eigenvalue weighted by Gasteiger charge is 2.03. The molecule has 1 aromatic carbocycles. The minimum absolute atomic E-state index is 0. The Kier molecular flexibility index (Phi) is 5.21. The van der Waals surface area contributed by atoms with Gasteiger partial charge in [-0.25, -0.2) is 9.13 Å². The molecule has 1 heterocycles. The van der Waals surface area contributed by atoms with Gasteiger partial charge in [0.25, 0.3) is 0 Å². The van der Waals surface area contributed by atoms with Crippen molar-refractivity contribution < 1.29 is 24.0 Å². The van der Waals surface area contributed by atoms with Gasteiger partial charge < -0.3 is 24.0 Å². The van der Waals surface area contributed by atoms with Crippen molar-refractivity contribution in [2.45, 2.75) is 0 Å². The number of benzene rings is 1. The van der Waals surface area contributed by atoms with Gasteiger partial charge >= 0.3 is 0 Å². The van der Waals surface area contributed by atoms with E-state index >= 15 is 0 Å². The fraction of sp³-hybridized carbons (Fsp3) is 0.154. The predicted octanol–water partition coefficient (Wildman–Crippen LogP) is 0.472. The van der Waals surface area contributed by atoms with Crippen LogP contribution in [-0.2, 0) is 14.1 Å².